The molecule has 1 saturated heterocycles. The first-order valence-electron chi connectivity index (χ1n) is 6.13. The number of H-pyrrole nitrogens is 2. The third-order valence-electron chi connectivity index (χ3n) is 3.21. The van der Waals surface area contributed by atoms with Gasteiger partial charge in [0.2, 0.25) is 0 Å². The van der Waals surface area contributed by atoms with Crippen molar-refractivity contribution in [2.24, 2.45) is 0 Å². The van der Waals surface area contributed by atoms with Gasteiger partial charge in [-0.2, -0.15) is 0 Å². The molecule has 2 aromatic heterocycles. The van der Waals surface area contributed by atoms with E-state index in [2.05, 4.69) is 24.8 Å². The van der Waals surface area contributed by atoms with Crippen LogP contribution in [0.3, 0.4) is 0 Å². The summed E-state index contributed by atoms with van der Waals surface area (Å²) >= 11 is 0. The summed E-state index contributed by atoms with van der Waals surface area (Å²) in [5.41, 5.74) is 2.20. The summed E-state index contributed by atoms with van der Waals surface area (Å²) in [4.78, 5) is 17.3. The third kappa shape index (κ3) is 2.30. The van der Waals surface area contributed by atoms with Gasteiger partial charge in [0.1, 0.15) is 5.82 Å². The fourth-order valence-electron chi connectivity index (χ4n) is 2.27. The number of aryl methyl sites for hydroxylation is 1. The Balaban J connectivity index is 1.77. The molecule has 1 aliphatic rings. The number of hydrogen-bond acceptors (Lipinski definition) is 4. The van der Waals surface area contributed by atoms with Crippen molar-refractivity contribution in [3.63, 3.8) is 0 Å². The molecule has 6 heteroatoms. The van der Waals surface area contributed by atoms with Crippen LogP contribution in [0.25, 0.3) is 0 Å². The van der Waals surface area contributed by atoms with Crippen LogP contribution in [0.1, 0.15) is 23.3 Å². The molecule has 0 spiro atoms. The second kappa shape index (κ2) is 4.91. The van der Waals surface area contributed by atoms with E-state index in [1.54, 1.807) is 6.33 Å². The summed E-state index contributed by atoms with van der Waals surface area (Å²) in [6, 6.07) is 0.191. The molecule has 2 N–H and O–H groups in total. The van der Waals surface area contributed by atoms with Gasteiger partial charge < -0.3 is 14.7 Å². The summed E-state index contributed by atoms with van der Waals surface area (Å²) in [5, 5.41) is 0. The molecule has 0 bridgehead atoms. The van der Waals surface area contributed by atoms with Crippen molar-refractivity contribution in [2.45, 2.75) is 19.5 Å². The van der Waals surface area contributed by atoms with E-state index in [9.17, 15) is 0 Å². The van der Waals surface area contributed by atoms with E-state index in [4.69, 9.17) is 4.74 Å². The van der Waals surface area contributed by atoms with Crippen molar-refractivity contribution in [3.8, 4) is 0 Å². The highest BCUT2D eigenvalue weighted by molar-refractivity contribution is 5.05. The van der Waals surface area contributed by atoms with Gasteiger partial charge in [-0.3, -0.25) is 4.90 Å². The molecule has 6 nitrogen and oxygen atoms in total. The van der Waals surface area contributed by atoms with E-state index in [0.29, 0.717) is 6.61 Å². The van der Waals surface area contributed by atoms with Crippen LogP contribution in [0.5, 0.6) is 0 Å². The molecular formula is C12H17N5O. The van der Waals surface area contributed by atoms with Crippen LogP contribution in [0.4, 0.5) is 0 Å². The molecule has 1 fully saturated rings. The average Bonchev–Trinajstić information content (AvgIpc) is 3.02. The highest BCUT2D eigenvalue weighted by atomic mass is 16.5. The molecule has 1 atom stereocenters. The number of nitrogens with zero attached hydrogens (tertiary/aromatic N) is 3. The van der Waals surface area contributed by atoms with Gasteiger partial charge in [-0.1, -0.05) is 0 Å². The number of imidazole rings is 2. The molecule has 96 valence electrons. The molecule has 18 heavy (non-hydrogen) atoms. The number of morpholine rings is 1. The van der Waals surface area contributed by atoms with Crippen molar-refractivity contribution in [1.29, 1.82) is 0 Å². The van der Waals surface area contributed by atoms with E-state index in [1.807, 2.05) is 19.3 Å². The zero-order valence-electron chi connectivity index (χ0n) is 10.4. The highest BCUT2D eigenvalue weighted by Gasteiger charge is 2.27. The standard InChI is InChI=1S/C12H17N5O/c1-9-4-14-12(16-9)11-7-18-3-2-17(11)6-10-5-13-8-15-10/h4-5,8,11H,2-3,6-7H2,1H3,(H,13,15)(H,14,16). The van der Waals surface area contributed by atoms with Crippen LogP contribution in [0.15, 0.2) is 18.7 Å². The molecule has 3 heterocycles. The van der Waals surface area contributed by atoms with E-state index in [-0.39, 0.29) is 6.04 Å². The highest BCUT2D eigenvalue weighted by Crippen LogP contribution is 2.23. The van der Waals surface area contributed by atoms with Gasteiger partial charge in [-0.25, -0.2) is 9.97 Å². The number of hydrogen-bond donors (Lipinski definition) is 2. The fourth-order valence-corrected chi connectivity index (χ4v) is 2.27. The summed E-state index contributed by atoms with van der Waals surface area (Å²) in [5.74, 6) is 0.978. The van der Waals surface area contributed by atoms with Gasteiger partial charge in [0.15, 0.2) is 0 Å². The van der Waals surface area contributed by atoms with Crippen LogP contribution in [0, 0.1) is 6.92 Å². The number of aromatic nitrogens is 4. The van der Waals surface area contributed by atoms with Crippen LogP contribution in [-0.2, 0) is 11.3 Å². The molecule has 0 radical (unpaired) electrons. The molecule has 2 aromatic rings. The predicted octanol–water partition coefficient (Wildman–Crippen LogP) is 1.01. The largest absolute Gasteiger partial charge is 0.378 e. The lowest BCUT2D eigenvalue weighted by Crippen LogP contribution is -2.39. The first-order chi connectivity index (χ1) is 8.83. The Morgan fingerprint density at radius 2 is 2.44 bits per heavy atom. The summed E-state index contributed by atoms with van der Waals surface area (Å²) in [6.07, 6.45) is 5.43. The maximum Gasteiger partial charge on any atom is 0.126 e. The molecule has 0 aromatic carbocycles. The minimum absolute atomic E-state index is 0.191. The minimum atomic E-state index is 0.191. The molecule has 1 aliphatic heterocycles. The van der Waals surface area contributed by atoms with Crippen molar-refractivity contribution in [2.75, 3.05) is 19.8 Å². The van der Waals surface area contributed by atoms with Gasteiger partial charge in [-0.15, -0.1) is 0 Å². The summed E-state index contributed by atoms with van der Waals surface area (Å²) in [7, 11) is 0. The monoisotopic (exact) mass is 247 g/mol. The number of rotatable bonds is 3. The Kier molecular flexibility index (Phi) is 3.12. The van der Waals surface area contributed by atoms with Crippen LogP contribution < -0.4 is 0 Å². The Labute approximate surface area is 105 Å². The number of ether oxygens (including phenoxy) is 1. The summed E-state index contributed by atoms with van der Waals surface area (Å²) in [6.45, 7) is 5.21. The Hall–Kier alpha value is -1.66. The second-order valence-electron chi connectivity index (χ2n) is 4.59. The van der Waals surface area contributed by atoms with E-state index < -0.39 is 0 Å². The molecule has 0 amide bonds. The quantitative estimate of drug-likeness (QED) is 0.849. The number of aromatic amines is 2. The SMILES string of the molecule is Cc1cnc(C2COCCN2Cc2cnc[nH]2)[nH]1. The van der Waals surface area contributed by atoms with E-state index in [1.165, 1.54) is 0 Å². The van der Waals surface area contributed by atoms with E-state index in [0.717, 1.165) is 36.9 Å². The lowest BCUT2D eigenvalue weighted by atomic mass is 10.2. The van der Waals surface area contributed by atoms with Crippen LogP contribution in [-0.4, -0.2) is 44.6 Å². The first kappa shape index (κ1) is 11.4. The Morgan fingerprint density at radius 1 is 1.50 bits per heavy atom. The zero-order valence-corrected chi connectivity index (χ0v) is 10.4. The van der Waals surface area contributed by atoms with E-state index >= 15 is 0 Å². The van der Waals surface area contributed by atoms with Gasteiger partial charge in [-0.05, 0) is 6.92 Å². The van der Waals surface area contributed by atoms with Gasteiger partial charge in [0.05, 0.1) is 25.6 Å². The molecule has 3 rings (SSSR count). The lowest BCUT2D eigenvalue weighted by molar-refractivity contribution is -0.0161. The topological polar surface area (TPSA) is 69.8 Å². The van der Waals surface area contributed by atoms with Crippen molar-refractivity contribution < 1.29 is 4.74 Å². The normalized spacial score (nSPS) is 21.3. The molecule has 1 unspecified atom stereocenters. The second-order valence-corrected chi connectivity index (χ2v) is 4.59. The van der Waals surface area contributed by atoms with Crippen molar-refractivity contribution in [1.82, 2.24) is 24.8 Å². The van der Waals surface area contributed by atoms with Gasteiger partial charge >= 0.3 is 0 Å². The Bertz CT molecular complexity index is 492. The van der Waals surface area contributed by atoms with Crippen LogP contribution in [0.2, 0.25) is 0 Å². The summed E-state index contributed by atoms with van der Waals surface area (Å²) < 4.78 is 5.57. The number of nitrogens with one attached hydrogen (secondary N) is 2. The van der Waals surface area contributed by atoms with Crippen molar-refractivity contribution in [3.05, 3.63) is 35.9 Å². The maximum absolute atomic E-state index is 5.57. The first-order valence-corrected chi connectivity index (χ1v) is 6.13. The minimum Gasteiger partial charge on any atom is -0.378 e. The van der Waals surface area contributed by atoms with Crippen molar-refractivity contribution >= 4 is 0 Å². The fraction of sp³-hybridized carbons (Fsp3) is 0.500. The zero-order chi connectivity index (χ0) is 12.4. The molecule has 0 saturated carbocycles. The smallest absolute Gasteiger partial charge is 0.126 e. The predicted molar refractivity (Wildman–Crippen MR) is 65.9 cm³/mol. The molecule has 0 aliphatic carbocycles. The third-order valence-corrected chi connectivity index (χ3v) is 3.21. The average molecular weight is 247 g/mol. The van der Waals surface area contributed by atoms with Crippen LogP contribution >= 0.6 is 0 Å². The van der Waals surface area contributed by atoms with Gasteiger partial charge in [0, 0.05) is 36.9 Å². The Morgan fingerprint density at radius 3 is 3.17 bits per heavy atom. The molecular weight excluding hydrogens is 230 g/mol. The van der Waals surface area contributed by atoms with Gasteiger partial charge in [0.25, 0.3) is 0 Å². The lowest BCUT2D eigenvalue weighted by Gasteiger charge is -2.33. The maximum atomic E-state index is 5.57.